The second-order valence-electron chi connectivity index (χ2n) is 9.20. The van der Waals surface area contributed by atoms with Crippen LogP contribution < -0.4 is 5.32 Å². The Labute approximate surface area is 285 Å². The number of carboxylic acid groups (broad SMARTS) is 1. The fourth-order valence-electron chi connectivity index (χ4n) is 4.07. The minimum Gasteiger partial charge on any atom is -0.505 e. The monoisotopic (exact) mass is 754 g/mol. The highest BCUT2D eigenvalue weighted by molar-refractivity contribution is 7.95. The molecule has 0 atom stereocenters. The van der Waals surface area contributed by atoms with Crippen molar-refractivity contribution in [2.45, 2.75) is 21.6 Å². The highest BCUT2D eigenvalue weighted by Crippen LogP contribution is 2.51. The third kappa shape index (κ3) is 8.62. The molecule has 4 aromatic rings. The van der Waals surface area contributed by atoms with E-state index in [1.54, 1.807) is 0 Å². The Morgan fingerprint density at radius 2 is 1.46 bits per heavy atom. The summed E-state index contributed by atoms with van der Waals surface area (Å²) in [6.45, 7) is 1.20. The number of hydrogen-bond acceptors (Lipinski definition) is 20. The fourth-order valence-corrected chi connectivity index (χ4v) is 5.69. The molecule has 0 saturated carbocycles. The van der Waals surface area contributed by atoms with Crippen molar-refractivity contribution in [3.05, 3.63) is 64.2 Å². The Kier molecular flexibility index (Phi) is 11.9. The first-order valence-corrected chi connectivity index (χ1v) is 15.7. The van der Waals surface area contributed by atoms with Gasteiger partial charge in [-0.05, 0) is 41.8 Å². The maximum atomic E-state index is 12.4. The number of nitro benzene ring substituents is 1. The lowest BCUT2D eigenvalue weighted by Gasteiger charge is -2.13. The number of carbonyl (C=O) groups excluding carboxylic acids is 1. The van der Waals surface area contributed by atoms with E-state index in [1.165, 1.54) is 19.1 Å². The topological polar surface area (TPSA) is 331 Å². The number of phenolic OH excluding ortho intramolecular Hbond substituents is 2. The number of nitro groups is 1. The second kappa shape index (κ2) is 15.9. The van der Waals surface area contributed by atoms with Crippen LogP contribution in [0.25, 0.3) is 10.8 Å². The van der Waals surface area contributed by atoms with E-state index >= 15 is 0 Å². The molecule has 0 heterocycles. The molecule has 262 valence electrons. The van der Waals surface area contributed by atoms with E-state index in [9.17, 15) is 48.0 Å². The zero-order valence-corrected chi connectivity index (χ0v) is 26.8. The normalized spacial score (nSPS) is 11.8. The molecule has 0 spiro atoms. The summed E-state index contributed by atoms with van der Waals surface area (Å²) in [4.78, 5) is 32.2. The summed E-state index contributed by atoms with van der Waals surface area (Å²) in [5.74, 6) is -4.02. The second-order valence-corrected chi connectivity index (χ2v) is 12.1. The number of fused-ring (bicyclic) bond motifs is 1. The molecule has 22 nitrogen and oxygen atoms in total. The van der Waals surface area contributed by atoms with Crippen molar-refractivity contribution in [1.29, 1.82) is 0 Å². The van der Waals surface area contributed by atoms with Crippen LogP contribution in [0.5, 0.6) is 11.5 Å². The molecule has 0 aliphatic carbocycles. The van der Waals surface area contributed by atoms with Crippen LogP contribution in [0.15, 0.2) is 83.7 Å². The summed E-state index contributed by atoms with van der Waals surface area (Å²) >= 11 is 0.429. The number of aromatic hydroxyl groups is 2. The Hall–Kier alpha value is -5.35. The van der Waals surface area contributed by atoms with Crippen LogP contribution in [0.1, 0.15) is 17.3 Å². The van der Waals surface area contributed by atoms with Crippen molar-refractivity contribution >= 4 is 91.0 Å². The van der Waals surface area contributed by atoms with E-state index < -0.39 is 71.3 Å². The van der Waals surface area contributed by atoms with Crippen LogP contribution in [-0.2, 0) is 33.7 Å². The molecule has 4 aromatic carbocycles. The summed E-state index contributed by atoms with van der Waals surface area (Å²) in [5.41, 5.74) is -2.85. The number of non-ortho nitro benzene ring substituents is 1. The lowest BCUT2D eigenvalue weighted by molar-refractivity contribution is -0.432. The number of nitrogens with one attached hydrogen (secondary N) is 1. The molecule has 0 radical (unpaired) electrons. The first-order valence-electron chi connectivity index (χ1n) is 12.8. The average molecular weight is 755 g/mol. The van der Waals surface area contributed by atoms with Gasteiger partial charge in [0.05, 0.1) is 49.7 Å². The molecule has 0 fully saturated rings. The summed E-state index contributed by atoms with van der Waals surface area (Å²) < 4.78 is 43.4. The van der Waals surface area contributed by atoms with E-state index in [4.69, 9.17) is 10.5 Å². The quantitative estimate of drug-likeness (QED) is 0.0175. The van der Waals surface area contributed by atoms with Crippen molar-refractivity contribution in [2.75, 3.05) is 5.32 Å². The van der Waals surface area contributed by atoms with Gasteiger partial charge in [-0.2, -0.15) is 8.42 Å². The molecule has 50 heavy (non-hydrogen) atoms. The van der Waals surface area contributed by atoms with Gasteiger partial charge in [0, 0.05) is 24.7 Å². The number of nitrogens with zero attached hydrogens (tertiary/aromatic N) is 5. The minimum atomic E-state index is -5.21. The van der Waals surface area contributed by atoms with Crippen molar-refractivity contribution in [3.8, 4) is 11.5 Å². The zero-order valence-electron chi connectivity index (χ0n) is 24.3. The number of benzene rings is 4. The van der Waals surface area contributed by atoms with Gasteiger partial charge in [-0.25, -0.2) is 15.3 Å². The first-order chi connectivity index (χ1) is 23.7. The van der Waals surface area contributed by atoms with Crippen LogP contribution >= 0.6 is 24.1 Å². The first kappa shape index (κ1) is 37.5. The van der Waals surface area contributed by atoms with Gasteiger partial charge < -0.3 is 20.6 Å². The Morgan fingerprint density at radius 1 is 0.860 bits per heavy atom. The number of hydrogen-bond donors (Lipinski definition) is 7. The van der Waals surface area contributed by atoms with Crippen LogP contribution in [0.2, 0.25) is 0 Å². The number of aromatic carboxylic acids is 1. The third-order valence-electron chi connectivity index (χ3n) is 6.05. The Bertz CT molecular complexity index is 2180. The number of anilines is 1. The van der Waals surface area contributed by atoms with Crippen LogP contribution in [0, 0.1) is 10.1 Å². The lowest BCUT2D eigenvalue weighted by Crippen LogP contribution is -2.07. The van der Waals surface area contributed by atoms with Crippen LogP contribution in [0.3, 0.4) is 0 Å². The zero-order chi connectivity index (χ0) is 36.7. The number of carboxylic acids is 1. The Balaban J connectivity index is 1.94. The Morgan fingerprint density at radius 3 is 2.06 bits per heavy atom. The number of rotatable bonds is 14. The van der Waals surface area contributed by atoms with Gasteiger partial charge >= 0.3 is 5.97 Å². The molecular weight excluding hydrogens is 737 g/mol. The largest absolute Gasteiger partial charge is 0.505 e. The standard InChI is InChI=1S/C25H18N6O16S3/c1-10(32)26-12-2-4-15(14(8-12)25(35)36)27-29-21-18(49-47-45-40)6-11-7-19(50(41,42)43)22(24(34)20(11)23(21)33)30-28-16-5-3-13(31(37)38)9-17(16)48-46-44-39/h2-9,33-34,39-40H,1H3,(H,26,32)(H,35,36)(H,41,42,43)/b29-27+,30-28+. The molecule has 0 saturated heterocycles. The molecule has 0 unspecified atom stereocenters. The van der Waals surface area contributed by atoms with E-state index in [2.05, 4.69) is 44.5 Å². The van der Waals surface area contributed by atoms with Gasteiger partial charge in [-0.1, -0.05) is 10.1 Å². The molecule has 0 aliphatic rings. The van der Waals surface area contributed by atoms with Crippen LogP contribution in [-0.4, -0.2) is 55.6 Å². The molecule has 0 aliphatic heterocycles. The van der Waals surface area contributed by atoms with Gasteiger partial charge in [-0.3, -0.25) is 19.5 Å². The number of azo groups is 2. The minimum absolute atomic E-state index is 0.113. The summed E-state index contributed by atoms with van der Waals surface area (Å²) in [5, 5.41) is 84.3. The maximum absolute atomic E-state index is 12.4. The number of carbonyl (C=O) groups is 2. The summed E-state index contributed by atoms with van der Waals surface area (Å²) in [6.07, 6.45) is 0. The molecule has 0 bridgehead atoms. The van der Waals surface area contributed by atoms with Gasteiger partial charge in [0.15, 0.2) is 11.5 Å². The fraction of sp³-hybridized carbons (Fsp3) is 0.0400. The van der Waals surface area contributed by atoms with Gasteiger partial charge in [0.1, 0.15) is 27.6 Å². The van der Waals surface area contributed by atoms with Crippen molar-refractivity contribution in [2.24, 2.45) is 20.5 Å². The van der Waals surface area contributed by atoms with Crippen LogP contribution in [0.4, 0.5) is 34.1 Å². The highest BCUT2D eigenvalue weighted by Gasteiger charge is 2.27. The van der Waals surface area contributed by atoms with E-state index in [0.29, 0.717) is 0 Å². The molecule has 1 amide bonds. The smallest absolute Gasteiger partial charge is 0.338 e. The highest BCUT2D eigenvalue weighted by atomic mass is 32.2. The van der Waals surface area contributed by atoms with Crippen molar-refractivity contribution in [1.82, 2.24) is 0 Å². The molecule has 4 rings (SSSR count). The predicted octanol–water partition coefficient (Wildman–Crippen LogP) is 6.75. The number of phenols is 2. The molecule has 7 N–H and O–H groups in total. The van der Waals surface area contributed by atoms with E-state index in [1.807, 2.05) is 0 Å². The van der Waals surface area contributed by atoms with Gasteiger partial charge in [0.2, 0.25) is 5.91 Å². The SMILES string of the molecule is CC(=O)Nc1ccc(/N=N/c2c(SOOO)cc3cc(S(=O)(=O)O)c(/N=N/c4ccc([N+](=O)[O-])cc4SOOO)c(O)c3c2O)c(C(=O)O)c1. The molecule has 0 aromatic heterocycles. The third-order valence-corrected chi connectivity index (χ3v) is 8.18. The van der Waals surface area contributed by atoms with Crippen molar-refractivity contribution in [3.63, 3.8) is 0 Å². The van der Waals surface area contributed by atoms with Gasteiger partial charge in [-0.15, -0.1) is 29.1 Å². The maximum Gasteiger partial charge on any atom is 0.338 e. The van der Waals surface area contributed by atoms with Crippen molar-refractivity contribution < 1.29 is 72.1 Å². The summed E-state index contributed by atoms with van der Waals surface area (Å²) in [7, 11) is -5.21. The molecular formula is C25H18N6O16S3. The number of amides is 1. The lowest BCUT2D eigenvalue weighted by atomic mass is 10.1. The predicted molar refractivity (Wildman–Crippen MR) is 168 cm³/mol. The van der Waals surface area contributed by atoms with Gasteiger partial charge in [0.25, 0.3) is 15.8 Å². The van der Waals surface area contributed by atoms with E-state index in [-0.39, 0.29) is 56.3 Å². The average Bonchev–Trinajstić information content (AvgIpc) is 3.05. The summed E-state index contributed by atoms with van der Waals surface area (Å²) in [6, 6.07) is 8.28. The molecule has 25 heteroatoms. The van der Waals surface area contributed by atoms with E-state index in [0.717, 1.165) is 36.4 Å².